The lowest BCUT2D eigenvalue weighted by molar-refractivity contribution is -0.140. The SMILES string of the molecule is CCOc1cc([C@H]2C(C(=O)OCC(C)C)=C(C)N=c3s/c(=C/c4ccccc4)c(=O)n32)ccc1OC(C)=O. The number of ether oxygens (including phenoxy) is 3. The van der Waals surface area contributed by atoms with Crippen molar-refractivity contribution in [3.05, 3.63) is 90.6 Å². The van der Waals surface area contributed by atoms with Crippen LogP contribution in [0.3, 0.4) is 0 Å². The summed E-state index contributed by atoms with van der Waals surface area (Å²) in [4.78, 5) is 43.9. The lowest BCUT2D eigenvalue weighted by Crippen LogP contribution is -2.40. The molecule has 198 valence electrons. The van der Waals surface area contributed by atoms with Crippen molar-refractivity contribution >= 4 is 29.4 Å². The van der Waals surface area contributed by atoms with Crippen molar-refractivity contribution in [1.82, 2.24) is 4.57 Å². The summed E-state index contributed by atoms with van der Waals surface area (Å²) in [6.07, 6.45) is 1.81. The van der Waals surface area contributed by atoms with Gasteiger partial charge in [-0.1, -0.05) is 61.6 Å². The zero-order chi connectivity index (χ0) is 27.4. The molecule has 0 N–H and O–H groups in total. The molecule has 3 aromatic rings. The third-order valence-electron chi connectivity index (χ3n) is 5.72. The first-order valence-corrected chi connectivity index (χ1v) is 13.2. The molecule has 4 rings (SSSR count). The van der Waals surface area contributed by atoms with Crippen LogP contribution in [0.5, 0.6) is 11.5 Å². The number of rotatable bonds is 8. The molecule has 1 atom stereocenters. The number of hydrogen-bond acceptors (Lipinski definition) is 8. The smallest absolute Gasteiger partial charge is 0.338 e. The van der Waals surface area contributed by atoms with Crippen molar-refractivity contribution in [3.8, 4) is 11.5 Å². The van der Waals surface area contributed by atoms with Crippen LogP contribution in [0.2, 0.25) is 0 Å². The molecule has 2 heterocycles. The van der Waals surface area contributed by atoms with Crippen LogP contribution in [0.25, 0.3) is 6.08 Å². The average Bonchev–Trinajstić information content (AvgIpc) is 3.17. The van der Waals surface area contributed by atoms with E-state index in [1.807, 2.05) is 57.2 Å². The average molecular weight is 535 g/mol. The van der Waals surface area contributed by atoms with Gasteiger partial charge >= 0.3 is 11.9 Å². The Morgan fingerprint density at radius 1 is 1.13 bits per heavy atom. The normalized spacial score (nSPS) is 15.2. The van der Waals surface area contributed by atoms with Crippen LogP contribution in [0.1, 0.15) is 51.8 Å². The Hall–Kier alpha value is -3.98. The summed E-state index contributed by atoms with van der Waals surface area (Å²) in [5.74, 6) is -0.302. The molecule has 1 aliphatic heterocycles. The van der Waals surface area contributed by atoms with Gasteiger partial charge in [-0.05, 0) is 49.1 Å². The van der Waals surface area contributed by atoms with Crippen LogP contribution in [0, 0.1) is 5.92 Å². The topological polar surface area (TPSA) is 96.2 Å². The molecule has 38 heavy (non-hydrogen) atoms. The van der Waals surface area contributed by atoms with E-state index in [1.54, 1.807) is 25.1 Å². The van der Waals surface area contributed by atoms with Crippen molar-refractivity contribution in [2.75, 3.05) is 13.2 Å². The number of hydrogen-bond donors (Lipinski definition) is 0. The molecule has 2 aromatic carbocycles. The van der Waals surface area contributed by atoms with E-state index in [2.05, 4.69) is 4.99 Å². The van der Waals surface area contributed by atoms with Gasteiger partial charge in [-0.2, -0.15) is 0 Å². The highest BCUT2D eigenvalue weighted by Gasteiger charge is 2.34. The van der Waals surface area contributed by atoms with E-state index in [9.17, 15) is 14.4 Å². The Labute approximate surface area is 224 Å². The van der Waals surface area contributed by atoms with E-state index in [-0.39, 0.29) is 29.4 Å². The molecular formula is C29H30N2O6S. The second-order valence-corrected chi connectivity index (χ2v) is 10.2. The van der Waals surface area contributed by atoms with Crippen LogP contribution < -0.4 is 24.4 Å². The van der Waals surface area contributed by atoms with E-state index in [4.69, 9.17) is 14.2 Å². The van der Waals surface area contributed by atoms with Crippen LogP contribution in [0.4, 0.5) is 0 Å². The van der Waals surface area contributed by atoms with Gasteiger partial charge in [0, 0.05) is 6.92 Å². The first-order chi connectivity index (χ1) is 18.2. The molecule has 0 fully saturated rings. The van der Waals surface area contributed by atoms with Crippen LogP contribution >= 0.6 is 11.3 Å². The van der Waals surface area contributed by atoms with Gasteiger partial charge in [0.05, 0.1) is 35.1 Å². The van der Waals surface area contributed by atoms with Crippen molar-refractivity contribution < 1.29 is 23.8 Å². The summed E-state index contributed by atoms with van der Waals surface area (Å²) in [5.41, 5.74) is 1.95. The molecule has 1 aromatic heterocycles. The minimum absolute atomic E-state index is 0.137. The Morgan fingerprint density at radius 3 is 2.53 bits per heavy atom. The Balaban J connectivity index is 1.93. The van der Waals surface area contributed by atoms with Gasteiger partial charge in [-0.3, -0.25) is 14.2 Å². The van der Waals surface area contributed by atoms with Gasteiger partial charge in [-0.25, -0.2) is 9.79 Å². The van der Waals surface area contributed by atoms with Gasteiger partial charge in [-0.15, -0.1) is 0 Å². The van der Waals surface area contributed by atoms with Gasteiger partial charge < -0.3 is 14.2 Å². The van der Waals surface area contributed by atoms with Crippen molar-refractivity contribution in [2.45, 2.75) is 40.7 Å². The summed E-state index contributed by atoms with van der Waals surface area (Å²) < 4.78 is 18.7. The monoisotopic (exact) mass is 534 g/mol. The van der Waals surface area contributed by atoms with Gasteiger partial charge in [0.2, 0.25) is 0 Å². The molecule has 0 aliphatic carbocycles. The molecular weight excluding hydrogens is 504 g/mol. The molecule has 0 unspecified atom stereocenters. The van der Waals surface area contributed by atoms with E-state index in [1.165, 1.54) is 22.8 Å². The summed E-state index contributed by atoms with van der Waals surface area (Å²) in [7, 11) is 0. The molecule has 9 heteroatoms. The maximum absolute atomic E-state index is 13.8. The maximum Gasteiger partial charge on any atom is 0.338 e. The Kier molecular flexibility index (Phi) is 8.26. The number of carbonyl (C=O) groups is 2. The predicted octanol–water partition coefficient (Wildman–Crippen LogP) is 3.76. The molecule has 0 radical (unpaired) electrons. The third-order valence-corrected chi connectivity index (χ3v) is 6.71. The van der Waals surface area contributed by atoms with E-state index in [0.29, 0.717) is 33.0 Å². The highest BCUT2D eigenvalue weighted by molar-refractivity contribution is 7.07. The standard InChI is InChI=1S/C29H30N2O6S/c1-6-35-23-15-21(12-13-22(23)37-19(5)32)26-25(28(34)36-16-17(2)3)18(4)30-29-31(26)27(33)24(38-29)14-20-10-8-7-9-11-20/h7-15,17,26H,6,16H2,1-5H3/b24-14+/t26-/m0/s1. The molecule has 0 bridgehead atoms. The zero-order valence-electron chi connectivity index (χ0n) is 22.0. The fraction of sp³-hybridized carbons (Fsp3) is 0.310. The zero-order valence-corrected chi connectivity index (χ0v) is 22.8. The van der Waals surface area contributed by atoms with E-state index in [0.717, 1.165) is 5.56 Å². The molecule has 0 spiro atoms. The summed E-state index contributed by atoms with van der Waals surface area (Å²) in [5, 5.41) is 0. The number of aromatic nitrogens is 1. The molecule has 1 aliphatic rings. The first kappa shape index (κ1) is 27.1. The number of fused-ring (bicyclic) bond motifs is 1. The van der Waals surface area contributed by atoms with Gasteiger partial charge in [0.1, 0.15) is 0 Å². The van der Waals surface area contributed by atoms with Crippen LogP contribution in [-0.2, 0) is 14.3 Å². The second-order valence-electron chi connectivity index (χ2n) is 9.22. The summed E-state index contributed by atoms with van der Waals surface area (Å²) >= 11 is 1.26. The minimum atomic E-state index is -0.811. The fourth-order valence-electron chi connectivity index (χ4n) is 4.12. The third kappa shape index (κ3) is 5.78. The van der Waals surface area contributed by atoms with Crippen molar-refractivity contribution in [2.24, 2.45) is 10.9 Å². The van der Waals surface area contributed by atoms with Crippen molar-refractivity contribution in [1.29, 1.82) is 0 Å². The molecule has 0 saturated carbocycles. The number of allylic oxidation sites excluding steroid dienone is 1. The van der Waals surface area contributed by atoms with Crippen LogP contribution in [-0.4, -0.2) is 29.7 Å². The van der Waals surface area contributed by atoms with Crippen molar-refractivity contribution in [3.63, 3.8) is 0 Å². The molecule has 0 saturated heterocycles. The summed E-state index contributed by atoms with van der Waals surface area (Å²) in [6, 6.07) is 13.7. The highest BCUT2D eigenvalue weighted by Crippen LogP contribution is 2.36. The quantitative estimate of drug-likeness (QED) is 0.323. The van der Waals surface area contributed by atoms with E-state index >= 15 is 0 Å². The number of nitrogens with zero attached hydrogens (tertiary/aromatic N) is 2. The molecule has 0 amide bonds. The number of carbonyl (C=O) groups excluding carboxylic acids is 2. The minimum Gasteiger partial charge on any atom is -0.490 e. The predicted molar refractivity (Wildman–Crippen MR) is 145 cm³/mol. The van der Waals surface area contributed by atoms with Gasteiger partial charge in [0.25, 0.3) is 5.56 Å². The highest BCUT2D eigenvalue weighted by atomic mass is 32.1. The maximum atomic E-state index is 13.8. The Morgan fingerprint density at radius 2 is 1.87 bits per heavy atom. The summed E-state index contributed by atoms with van der Waals surface area (Å²) in [6.45, 7) is 9.33. The fourth-order valence-corrected chi connectivity index (χ4v) is 5.17. The molecule has 8 nitrogen and oxygen atoms in total. The number of esters is 2. The van der Waals surface area contributed by atoms with E-state index < -0.39 is 18.0 Å². The second kappa shape index (κ2) is 11.6. The lowest BCUT2D eigenvalue weighted by atomic mass is 9.95. The Bertz CT molecular complexity index is 1570. The number of benzene rings is 2. The largest absolute Gasteiger partial charge is 0.490 e. The lowest BCUT2D eigenvalue weighted by Gasteiger charge is -2.25. The first-order valence-electron chi connectivity index (χ1n) is 12.4. The van der Waals surface area contributed by atoms with Gasteiger partial charge in [0.15, 0.2) is 16.3 Å². The number of thiazole rings is 1. The van der Waals surface area contributed by atoms with Crippen LogP contribution in [0.15, 0.2) is 69.6 Å².